The molecule has 9 nitrogen and oxygen atoms in total. The first kappa shape index (κ1) is 20.0. The van der Waals surface area contributed by atoms with Crippen molar-refractivity contribution in [1.82, 2.24) is 25.6 Å². The third-order valence-corrected chi connectivity index (χ3v) is 5.30. The van der Waals surface area contributed by atoms with Gasteiger partial charge < -0.3 is 29.8 Å². The molecule has 0 radical (unpaired) electrons. The first-order chi connectivity index (χ1) is 14.6. The number of nitrogens with zero attached hydrogens (tertiary/aromatic N) is 2. The van der Waals surface area contributed by atoms with Gasteiger partial charge in [0.2, 0.25) is 5.75 Å². The molecule has 30 heavy (non-hydrogen) atoms. The van der Waals surface area contributed by atoms with Crippen molar-refractivity contribution < 1.29 is 19.0 Å². The van der Waals surface area contributed by atoms with E-state index in [4.69, 9.17) is 19.2 Å². The highest BCUT2D eigenvalue weighted by atomic mass is 16.5. The van der Waals surface area contributed by atoms with E-state index < -0.39 is 0 Å². The maximum absolute atomic E-state index is 12.7. The maximum Gasteiger partial charge on any atom is 0.255 e. The van der Waals surface area contributed by atoms with Crippen LogP contribution in [0.1, 0.15) is 16.8 Å². The molecule has 1 amide bonds. The van der Waals surface area contributed by atoms with Gasteiger partial charge >= 0.3 is 0 Å². The number of H-pyrrole nitrogens is 1. The molecular weight excluding hydrogens is 386 g/mol. The largest absolute Gasteiger partial charge is 0.493 e. The van der Waals surface area contributed by atoms with E-state index in [9.17, 15) is 4.79 Å². The summed E-state index contributed by atoms with van der Waals surface area (Å²) in [5.41, 5.74) is 2.87. The number of aromatic amines is 1. The first-order valence-corrected chi connectivity index (χ1v) is 9.78. The van der Waals surface area contributed by atoms with Gasteiger partial charge in [-0.3, -0.25) is 4.79 Å². The number of nitrogens with one attached hydrogen (secondary N) is 3. The van der Waals surface area contributed by atoms with E-state index in [1.165, 1.54) is 0 Å². The van der Waals surface area contributed by atoms with Gasteiger partial charge in [0.25, 0.3) is 5.91 Å². The lowest BCUT2D eigenvalue weighted by molar-refractivity contribution is 0.0949. The number of hydrogen-bond donors (Lipinski definition) is 3. The van der Waals surface area contributed by atoms with Crippen molar-refractivity contribution in [3.8, 4) is 28.5 Å². The van der Waals surface area contributed by atoms with Gasteiger partial charge in [0.15, 0.2) is 17.1 Å². The second kappa shape index (κ2) is 8.58. The molecule has 1 saturated heterocycles. The third-order valence-electron chi connectivity index (χ3n) is 5.30. The number of hydrogen-bond acceptors (Lipinski definition) is 7. The summed E-state index contributed by atoms with van der Waals surface area (Å²) in [6.45, 7) is 2.56. The number of aromatic nitrogens is 3. The van der Waals surface area contributed by atoms with Gasteiger partial charge in [-0.15, -0.1) is 0 Å². The van der Waals surface area contributed by atoms with Crippen LogP contribution in [0.5, 0.6) is 17.2 Å². The van der Waals surface area contributed by atoms with Crippen LogP contribution in [0.3, 0.4) is 0 Å². The summed E-state index contributed by atoms with van der Waals surface area (Å²) in [5.74, 6) is 1.84. The van der Waals surface area contributed by atoms with Crippen LogP contribution in [0.4, 0.5) is 0 Å². The number of amides is 1. The molecule has 3 aromatic rings. The van der Waals surface area contributed by atoms with Gasteiger partial charge in [0, 0.05) is 18.3 Å². The summed E-state index contributed by atoms with van der Waals surface area (Å²) in [6, 6.07) is 3.60. The van der Waals surface area contributed by atoms with E-state index in [-0.39, 0.29) is 5.91 Å². The van der Waals surface area contributed by atoms with E-state index >= 15 is 0 Å². The van der Waals surface area contributed by atoms with Crippen LogP contribution >= 0.6 is 0 Å². The topological polar surface area (TPSA) is 110 Å². The lowest BCUT2D eigenvalue weighted by Gasteiger charge is -2.14. The molecule has 2 aromatic heterocycles. The van der Waals surface area contributed by atoms with Crippen molar-refractivity contribution >= 4 is 17.1 Å². The number of fused-ring (bicyclic) bond motifs is 1. The van der Waals surface area contributed by atoms with Crippen LogP contribution in [0.25, 0.3) is 22.4 Å². The molecule has 158 valence electrons. The molecule has 0 aliphatic carbocycles. The average molecular weight is 411 g/mol. The van der Waals surface area contributed by atoms with E-state index in [2.05, 4.69) is 20.6 Å². The van der Waals surface area contributed by atoms with Crippen molar-refractivity contribution in [3.63, 3.8) is 0 Å². The number of rotatable bonds is 7. The van der Waals surface area contributed by atoms with Crippen molar-refractivity contribution in [2.75, 3.05) is 41.0 Å². The predicted molar refractivity (Wildman–Crippen MR) is 112 cm³/mol. The van der Waals surface area contributed by atoms with E-state index in [0.717, 1.165) is 25.1 Å². The fourth-order valence-electron chi connectivity index (χ4n) is 3.65. The SMILES string of the molecule is COc1cc(-c2cnc3[nH]cc(C(=O)NCC4CCNC4)c3n2)cc(OC)c1OC. The molecule has 1 atom stereocenters. The fourth-order valence-corrected chi connectivity index (χ4v) is 3.65. The minimum atomic E-state index is -0.163. The maximum atomic E-state index is 12.7. The molecule has 1 fully saturated rings. The monoisotopic (exact) mass is 411 g/mol. The van der Waals surface area contributed by atoms with Gasteiger partial charge in [-0.2, -0.15) is 0 Å². The van der Waals surface area contributed by atoms with E-state index in [1.54, 1.807) is 45.9 Å². The number of ether oxygens (including phenoxy) is 3. The van der Waals surface area contributed by atoms with Crippen LogP contribution in [0, 0.1) is 5.92 Å². The summed E-state index contributed by atoms with van der Waals surface area (Å²) in [6.07, 6.45) is 4.36. The zero-order valence-electron chi connectivity index (χ0n) is 17.2. The minimum absolute atomic E-state index is 0.163. The Labute approximate surface area is 174 Å². The summed E-state index contributed by atoms with van der Waals surface area (Å²) in [5, 5.41) is 6.31. The van der Waals surface area contributed by atoms with E-state index in [0.29, 0.717) is 52.1 Å². The highest BCUT2D eigenvalue weighted by Crippen LogP contribution is 2.40. The predicted octanol–water partition coefficient (Wildman–Crippen LogP) is 1.99. The summed E-state index contributed by atoms with van der Waals surface area (Å²) >= 11 is 0. The highest BCUT2D eigenvalue weighted by molar-refractivity contribution is 6.04. The van der Waals surface area contributed by atoms with Crippen LogP contribution in [0.2, 0.25) is 0 Å². The number of carbonyl (C=O) groups is 1. The molecule has 3 N–H and O–H groups in total. The summed E-state index contributed by atoms with van der Waals surface area (Å²) in [4.78, 5) is 24.9. The molecule has 0 spiro atoms. The van der Waals surface area contributed by atoms with Gasteiger partial charge in [0.05, 0.1) is 38.8 Å². The molecule has 9 heteroatoms. The zero-order valence-corrected chi connectivity index (χ0v) is 17.2. The van der Waals surface area contributed by atoms with Gasteiger partial charge in [-0.05, 0) is 37.6 Å². The summed E-state index contributed by atoms with van der Waals surface area (Å²) in [7, 11) is 4.67. The Kier molecular flexibility index (Phi) is 5.71. The first-order valence-electron chi connectivity index (χ1n) is 9.78. The molecular formula is C21H25N5O4. The molecule has 0 bridgehead atoms. The zero-order chi connectivity index (χ0) is 21.1. The summed E-state index contributed by atoms with van der Waals surface area (Å²) < 4.78 is 16.2. The van der Waals surface area contributed by atoms with Crippen molar-refractivity contribution in [2.24, 2.45) is 5.92 Å². The number of carbonyl (C=O) groups excluding carboxylic acids is 1. The third kappa shape index (κ3) is 3.76. The number of methoxy groups -OCH3 is 3. The Hall–Kier alpha value is -3.33. The molecule has 0 saturated carbocycles. The van der Waals surface area contributed by atoms with Crippen LogP contribution in [0.15, 0.2) is 24.5 Å². The Morgan fingerprint density at radius 1 is 1.20 bits per heavy atom. The Morgan fingerprint density at radius 2 is 1.97 bits per heavy atom. The Balaban J connectivity index is 1.66. The van der Waals surface area contributed by atoms with Gasteiger partial charge in [-0.25, -0.2) is 9.97 Å². The highest BCUT2D eigenvalue weighted by Gasteiger charge is 2.20. The molecule has 1 aliphatic heterocycles. The normalized spacial score (nSPS) is 15.9. The Bertz CT molecular complexity index is 1030. The Morgan fingerprint density at radius 3 is 2.60 bits per heavy atom. The standard InChI is InChI=1S/C21H25N5O4/c1-28-16-6-13(7-17(29-2)19(16)30-3)15-11-24-20-18(26-15)14(10-23-20)21(27)25-9-12-4-5-22-8-12/h6-7,10-12,22H,4-5,8-9H2,1-3H3,(H,23,24)(H,25,27). The smallest absolute Gasteiger partial charge is 0.255 e. The van der Waals surface area contributed by atoms with Gasteiger partial charge in [-0.1, -0.05) is 0 Å². The molecule has 4 rings (SSSR count). The van der Waals surface area contributed by atoms with Crippen LogP contribution in [-0.2, 0) is 0 Å². The average Bonchev–Trinajstić information content (AvgIpc) is 3.45. The van der Waals surface area contributed by atoms with Crippen molar-refractivity contribution in [3.05, 3.63) is 30.1 Å². The molecule has 1 aromatic carbocycles. The van der Waals surface area contributed by atoms with Crippen molar-refractivity contribution in [1.29, 1.82) is 0 Å². The van der Waals surface area contributed by atoms with Crippen LogP contribution < -0.4 is 24.8 Å². The molecule has 1 unspecified atom stereocenters. The number of benzene rings is 1. The van der Waals surface area contributed by atoms with Gasteiger partial charge in [0.1, 0.15) is 5.52 Å². The quantitative estimate of drug-likeness (QED) is 0.545. The van der Waals surface area contributed by atoms with E-state index in [1.807, 2.05) is 0 Å². The van der Waals surface area contributed by atoms with Crippen molar-refractivity contribution in [2.45, 2.75) is 6.42 Å². The fraction of sp³-hybridized carbons (Fsp3) is 0.381. The lowest BCUT2D eigenvalue weighted by Crippen LogP contribution is -2.30. The lowest BCUT2D eigenvalue weighted by atomic mass is 10.1. The van der Waals surface area contributed by atoms with Crippen LogP contribution in [-0.4, -0.2) is 61.8 Å². The second-order valence-corrected chi connectivity index (χ2v) is 7.14. The molecule has 3 heterocycles. The minimum Gasteiger partial charge on any atom is -0.493 e. The molecule has 1 aliphatic rings. The second-order valence-electron chi connectivity index (χ2n) is 7.14.